The quantitative estimate of drug-likeness (QED) is 0.517. The second-order valence-corrected chi connectivity index (χ2v) is 7.10. The van der Waals surface area contributed by atoms with E-state index in [0.717, 1.165) is 33.9 Å². The molecule has 3 heterocycles. The molecule has 0 atom stereocenters. The van der Waals surface area contributed by atoms with Gasteiger partial charge < -0.3 is 4.40 Å². The van der Waals surface area contributed by atoms with Crippen LogP contribution in [0.2, 0.25) is 0 Å². The Morgan fingerprint density at radius 3 is 2.37 bits per heavy atom. The summed E-state index contributed by atoms with van der Waals surface area (Å²) in [6.45, 7) is 6.04. The summed E-state index contributed by atoms with van der Waals surface area (Å²) >= 11 is 0. The van der Waals surface area contributed by atoms with Gasteiger partial charge in [-0.1, -0.05) is 35.9 Å². The number of aromatic nitrogens is 4. The molecule has 0 bridgehead atoms. The van der Waals surface area contributed by atoms with Crippen molar-refractivity contribution in [2.24, 2.45) is 7.05 Å². The molecule has 0 fully saturated rings. The van der Waals surface area contributed by atoms with E-state index in [-0.39, 0.29) is 12.2 Å². The van der Waals surface area contributed by atoms with Crippen LogP contribution >= 0.6 is 0 Å². The fourth-order valence-electron chi connectivity index (χ4n) is 3.25. The van der Waals surface area contributed by atoms with Gasteiger partial charge in [-0.25, -0.2) is 4.98 Å². The molecule has 0 N–H and O–H groups in total. The summed E-state index contributed by atoms with van der Waals surface area (Å²) in [4.78, 5) is 17.7. The van der Waals surface area contributed by atoms with Crippen molar-refractivity contribution in [3.63, 3.8) is 0 Å². The molecule has 5 nitrogen and oxygen atoms in total. The average molecular weight is 358 g/mol. The highest BCUT2D eigenvalue weighted by molar-refractivity contribution is 5.96. The molecule has 0 aliphatic carbocycles. The number of ketones is 1. The molecule has 27 heavy (non-hydrogen) atoms. The third-order valence-electron chi connectivity index (χ3n) is 4.92. The van der Waals surface area contributed by atoms with Gasteiger partial charge in [-0.3, -0.25) is 9.48 Å². The topological polar surface area (TPSA) is 52.2 Å². The van der Waals surface area contributed by atoms with Crippen molar-refractivity contribution in [3.05, 3.63) is 76.9 Å². The number of benzene rings is 1. The van der Waals surface area contributed by atoms with Crippen LogP contribution in [-0.2, 0) is 13.5 Å². The average Bonchev–Trinajstić information content (AvgIpc) is 3.16. The van der Waals surface area contributed by atoms with Crippen LogP contribution in [0.3, 0.4) is 0 Å². The molecule has 1 aromatic carbocycles. The van der Waals surface area contributed by atoms with Crippen LogP contribution in [0.1, 0.15) is 33.0 Å². The van der Waals surface area contributed by atoms with Gasteiger partial charge in [-0.15, -0.1) is 0 Å². The molecule has 0 radical (unpaired) electrons. The third kappa shape index (κ3) is 3.16. The number of hydrogen-bond acceptors (Lipinski definition) is 3. The van der Waals surface area contributed by atoms with Crippen LogP contribution < -0.4 is 0 Å². The minimum absolute atomic E-state index is 0.00429. The van der Waals surface area contributed by atoms with E-state index in [1.54, 1.807) is 4.68 Å². The Hall–Kier alpha value is -3.21. The van der Waals surface area contributed by atoms with E-state index in [4.69, 9.17) is 4.98 Å². The van der Waals surface area contributed by atoms with Crippen LogP contribution in [0.25, 0.3) is 16.9 Å². The van der Waals surface area contributed by atoms with Gasteiger partial charge in [0.25, 0.3) is 0 Å². The van der Waals surface area contributed by atoms with E-state index < -0.39 is 0 Å². The van der Waals surface area contributed by atoms with Crippen LogP contribution in [0.15, 0.2) is 48.7 Å². The number of Topliss-reactive ketones (excluding diaryl/α,β-unsaturated/α-hetero) is 1. The van der Waals surface area contributed by atoms with E-state index in [9.17, 15) is 4.79 Å². The lowest BCUT2D eigenvalue weighted by Crippen LogP contribution is -2.08. The summed E-state index contributed by atoms with van der Waals surface area (Å²) in [7, 11) is 1.85. The molecule has 0 saturated heterocycles. The zero-order valence-corrected chi connectivity index (χ0v) is 16.0. The Bertz CT molecular complexity index is 1130. The fraction of sp³-hybridized carbons (Fsp3) is 0.227. The Morgan fingerprint density at radius 1 is 1.00 bits per heavy atom. The first-order valence-corrected chi connectivity index (χ1v) is 9.01. The minimum atomic E-state index is -0.00429. The van der Waals surface area contributed by atoms with Crippen molar-refractivity contribution in [2.45, 2.75) is 27.2 Å². The lowest BCUT2D eigenvalue weighted by Gasteiger charge is -2.05. The Labute approximate surface area is 158 Å². The molecule has 136 valence electrons. The third-order valence-corrected chi connectivity index (χ3v) is 4.92. The van der Waals surface area contributed by atoms with Crippen molar-refractivity contribution >= 4 is 11.4 Å². The van der Waals surface area contributed by atoms with Crippen molar-refractivity contribution in [2.75, 3.05) is 0 Å². The summed E-state index contributed by atoms with van der Waals surface area (Å²) in [6, 6.07) is 14.1. The van der Waals surface area contributed by atoms with E-state index in [0.29, 0.717) is 5.69 Å². The number of fused-ring (bicyclic) bond motifs is 1. The largest absolute Gasteiger partial charge is 0.303 e. The number of carbonyl (C=O) groups is 1. The Balaban J connectivity index is 1.83. The predicted molar refractivity (Wildman–Crippen MR) is 106 cm³/mol. The summed E-state index contributed by atoms with van der Waals surface area (Å²) in [6.07, 6.45) is 2.29. The summed E-state index contributed by atoms with van der Waals surface area (Å²) in [5, 5.41) is 4.34. The van der Waals surface area contributed by atoms with Crippen molar-refractivity contribution < 1.29 is 4.79 Å². The standard InChI is InChI=1S/C22H22N4O/c1-14-5-8-17(9-6-14)22-19(26-13-15(2)7-10-21(26)23-22)12-20(27)18-11-16(3)25(4)24-18/h5-11,13H,12H2,1-4H3. The number of pyridine rings is 1. The van der Waals surface area contributed by atoms with Crippen molar-refractivity contribution in [1.82, 2.24) is 19.2 Å². The van der Waals surface area contributed by atoms with Crippen molar-refractivity contribution in [1.29, 1.82) is 0 Å². The van der Waals surface area contributed by atoms with Gasteiger partial charge >= 0.3 is 0 Å². The van der Waals surface area contributed by atoms with E-state index >= 15 is 0 Å². The van der Waals surface area contributed by atoms with E-state index in [1.807, 2.05) is 49.7 Å². The molecule has 4 aromatic rings. The molecule has 0 aliphatic rings. The fourth-order valence-corrected chi connectivity index (χ4v) is 3.25. The molecule has 0 aliphatic heterocycles. The van der Waals surface area contributed by atoms with Gasteiger partial charge in [0.1, 0.15) is 11.3 Å². The van der Waals surface area contributed by atoms with E-state index in [1.165, 1.54) is 5.56 Å². The SMILES string of the molecule is Cc1ccc(-c2nc3ccc(C)cn3c2CC(=O)c2cc(C)n(C)n2)cc1. The normalized spacial score (nSPS) is 11.3. The highest BCUT2D eigenvalue weighted by atomic mass is 16.1. The Morgan fingerprint density at radius 2 is 1.70 bits per heavy atom. The first-order chi connectivity index (χ1) is 12.9. The highest BCUT2D eigenvalue weighted by Crippen LogP contribution is 2.26. The smallest absolute Gasteiger partial charge is 0.189 e. The first kappa shape index (κ1) is 17.2. The second kappa shape index (κ2) is 6.50. The van der Waals surface area contributed by atoms with Crippen LogP contribution in [0, 0.1) is 20.8 Å². The second-order valence-electron chi connectivity index (χ2n) is 7.10. The number of hydrogen-bond donors (Lipinski definition) is 0. The summed E-state index contributed by atoms with van der Waals surface area (Å²) in [5.74, 6) is -0.00429. The summed E-state index contributed by atoms with van der Waals surface area (Å²) in [5.41, 5.74) is 7.38. The highest BCUT2D eigenvalue weighted by Gasteiger charge is 2.20. The van der Waals surface area contributed by atoms with Gasteiger partial charge in [0.15, 0.2) is 5.78 Å². The molecule has 4 rings (SSSR count). The molecule has 0 saturated carbocycles. The van der Waals surface area contributed by atoms with Gasteiger partial charge in [-0.05, 0) is 38.5 Å². The first-order valence-electron chi connectivity index (χ1n) is 9.01. The van der Waals surface area contributed by atoms with Crippen molar-refractivity contribution in [3.8, 4) is 11.3 Å². The lowest BCUT2D eigenvalue weighted by molar-refractivity contribution is 0.0986. The van der Waals surface area contributed by atoms with E-state index in [2.05, 4.69) is 36.3 Å². The number of carbonyl (C=O) groups excluding carboxylic acids is 1. The number of imidazole rings is 1. The molecule has 5 heteroatoms. The molecule has 0 amide bonds. The molecule has 0 spiro atoms. The monoisotopic (exact) mass is 358 g/mol. The zero-order chi connectivity index (χ0) is 19.1. The maximum Gasteiger partial charge on any atom is 0.189 e. The van der Waals surface area contributed by atoms with Crippen LogP contribution in [-0.4, -0.2) is 24.9 Å². The molecule has 3 aromatic heterocycles. The lowest BCUT2D eigenvalue weighted by atomic mass is 10.0. The number of rotatable bonds is 4. The molecular formula is C22H22N4O. The molecular weight excluding hydrogens is 336 g/mol. The number of aryl methyl sites for hydroxylation is 4. The maximum atomic E-state index is 12.9. The minimum Gasteiger partial charge on any atom is -0.303 e. The van der Waals surface area contributed by atoms with Gasteiger partial charge in [0.2, 0.25) is 0 Å². The van der Waals surface area contributed by atoms with Crippen LogP contribution in [0.4, 0.5) is 0 Å². The van der Waals surface area contributed by atoms with Gasteiger partial charge in [0.05, 0.1) is 17.8 Å². The number of nitrogens with zero attached hydrogens (tertiary/aromatic N) is 4. The zero-order valence-electron chi connectivity index (χ0n) is 16.0. The van der Waals surface area contributed by atoms with Gasteiger partial charge in [0, 0.05) is 24.5 Å². The molecule has 0 unspecified atom stereocenters. The Kier molecular flexibility index (Phi) is 4.15. The van der Waals surface area contributed by atoms with Crippen LogP contribution in [0.5, 0.6) is 0 Å². The summed E-state index contributed by atoms with van der Waals surface area (Å²) < 4.78 is 3.75. The van der Waals surface area contributed by atoms with Gasteiger partial charge in [-0.2, -0.15) is 5.10 Å². The maximum absolute atomic E-state index is 12.9. The predicted octanol–water partition coefficient (Wildman–Crippen LogP) is 4.09.